The van der Waals surface area contributed by atoms with E-state index < -0.39 is 23.0 Å². The topological polar surface area (TPSA) is 40.5 Å². The summed E-state index contributed by atoms with van der Waals surface area (Å²) in [6.45, 7) is 4.25. The summed E-state index contributed by atoms with van der Waals surface area (Å²) in [6, 6.07) is 3.44. The number of hydrogen-bond acceptors (Lipinski definition) is 3. The Morgan fingerprint density at radius 3 is 2.37 bits per heavy atom. The minimum atomic E-state index is -0.837. The molecule has 0 spiro atoms. The van der Waals surface area contributed by atoms with Crippen molar-refractivity contribution in [3.05, 3.63) is 35.4 Å². The number of carbonyl (C=O) groups excluding carboxylic acids is 1. The molecule has 19 heavy (non-hydrogen) atoms. The first-order valence-corrected chi connectivity index (χ1v) is 6.29. The molecule has 0 aliphatic rings. The summed E-state index contributed by atoms with van der Waals surface area (Å²) in [6.07, 6.45) is 0.519. The molecule has 0 saturated heterocycles. The van der Waals surface area contributed by atoms with Crippen molar-refractivity contribution in [1.82, 2.24) is 4.90 Å². The molecule has 106 valence electrons. The normalized spacial score (nSPS) is 11.3. The van der Waals surface area contributed by atoms with Gasteiger partial charge in [-0.05, 0) is 32.4 Å². The van der Waals surface area contributed by atoms with Gasteiger partial charge in [0.15, 0.2) is 5.78 Å². The summed E-state index contributed by atoms with van der Waals surface area (Å²) in [5.74, 6) is -2.26. The molecule has 0 bridgehead atoms. The highest BCUT2D eigenvalue weighted by molar-refractivity contribution is 5.98. The molecule has 1 rings (SSSR count). The first-order chi connectivity index (χ1) is 8.97. The highest BCUT2D eigenvalue weighted by Gasteiger charge is 2.20. The van der Waals surface area contributed by atoms with Gasteiger partial charge in [-0.3, -0.25) is 9.69 Å². The SMILES string of the molecule is CC(C)N(CCCO)CC(=O)c1c(F)cccc1F. The lowest BCUT2D eigenvalue weighted by Gasteiger charge is -2.25. The molecule has 1 aromatic rings. The number of nitrogens with zero attached hydrogens (tertiary/aromatic N) is 1. The highest BCUT2D eigenvalue weighted by Crippen LogP contribution is 2.14. The monoisotopic (exact) mass is 271 g/mol. The molecule has 0 fully saturated rings. The van der Waals surface area contributed by atoms with Crippen LogP contribution in [0.25, 0.3) is 0 Å². The Hall–Kier alpha value is -1.33. The van der Waals surface area contributed by atoms with Gasteiger partial charge in [0.2, 0.25) is 0 Å². The Balaban J connectivity index is 2.82. The smallest absolute Gasteiger partial charge is 0.182 e. The molecule has 0 atom stereocenters. The van der Waals surface area contributed by atoms with Crippen molar-refractivity contribution in [2.45, 2.75) is 26.3 Å². The maximum Gasteiger partial charge on any atom is 0.182 e. The Kier molecular flexibility index (Phi) is 6.05. The van der Waals surface area contributed by atoms with Crippen molar-refractivity contribution in [2.24, 2.45) is 0 Å². The van der Waals surface area contributed by atoms with E-state index in [9.17, 15) is 13.6 Å². The number of hydrogen-bond donors (Lipinski definition) is 1. The number of aliphatic hydroxyl groups is 1. The van der Waals surface area contributed by atoms with Gasteiger partial charge < -0.3 is 5.11 Å². The lowest BCUT2D eigenvalue weighted by molar-refractivity contribution is 0.0888. The van der Waals surface area contributed by atoms with E-state index in [1.54, 1.807) is 4.90 Å². The lowest BCUT2D eigenvalue weighted by atomic mass is 10.1. The average molecular weight is 271 g/mol. The molecular weight excluding hydrogens is 252 g/mol. The Bertz CT molecular complexity index is 415. The fourth-order valence-electron chi connectivity index (χ4n) is 1.82. The molecule has 0 unspecified atom stereocenters. The van der Waals surface area contributed by atoms with Gasteiger partial charge >= 0.3 is 0 Å². The Morgan fingerprint density at radius 1 is 1.32 bits per heavy atom. The molecule has 0 saturated carbocycles. The summed E-state index contributed by atoms with van der Waals surface area (Å²) >= 11 is 0. The second-order valence-electron chi connectivity index (χ2n) is 4.66. The van der Waals surface area contributed by atoms with Gasteiger partial charge in [0.25, 0.3) is 0 Å². The zero-order chi connectivity index (χ0) is 14.4. The number of Topliss-reactive ketones (excluding diaryl/α,β-unsaturated/α-hetero) is 1. The summed E-state index contributed by atoms with van der Waals surface area (Å²) in [5, 5.41) is 8.80. The number of ketones is 1. The predicted octanol–water partition coefficient (Wildman–Crippen LogP) is 2.24. The van der Waals surface area contributed by atoms with Crippen LogP contribution in [0.2, 0.25) is 0 Å². The highest BCUT2D eigenvalue weighted by atomic mass is 19.1. The van der Waals surface area contributed by atoms with Gasteiger partial charge in [0, 0.05) is 19.2 Å². The van der Waals surface area contributed by atoms with Crippen molar-refractivity contribution in [3.8, 4) is 0 Å². The number of carbonyl (C=O) groups is 1. The first kappa shape index (κ1) is 15.7. The Labute approximate surface area is 111 Å². The van der Waals surface area contributed by atoms with Crippen LogP contribution in [-0.2, 0) is 0 Å². The third-order valence-corrected chi connectivity index (χ3v) is 2.92. The van der Waals surface area contributed by atoms with Crippen LogP contribution in [0, 0.1) is 11.6 Å². The number of benzene rings is 1. The summed E-state index contributed by atoms with van der Waals surface area (Å²) in [7, 11) is 0. The van der Waals surface area contributed by atoms with E-state index in [-0.39, 0.29) is 19.2 Å². The van der Waals surface area contributed by atoms with Gasteiger partial charge in [-0.25, -0.2) is 8.78 Å². The van der Waals surface area contributed by atoms with E-state index >= 15 is 0 Å². The van der Waals surface area contributed by atoms with Crippen LogP contribution in [0.1, 0.15) is 30.6 Å². The zero-order valence-corrected chi connectivity index (χ0v) is 11.2. The summed E-state index contributed by atoms with van der Waals surface area (Å²) in [5.41, 5.74) is -0.489. The maximum absolute atomic E-state index is 13.5. The molecule has 1 aromatic carbocycles. The van der Waals surface area contributed by atoms with E-state index in [1.807, 2.05) is 13.8 Å². The molecule has 0 radical (unpaired) electrons. The van der Waals surface area contributed by atoms with E-state index in [0.717, 1.165) is 12.1 Å². The van der Waals surface area contributed by atoms with E-state index in [1.165, 1.54) is 6.07 Å². The van der Waals surface area contributed by atoms with Crippen molar-refractivity contribution in [3.63, 3.8) is 0 Å². The predicted molar refractivity (Wildman–Crippen MR) is 69.1 cm³/mol. The van der Waals surface area contributed by atoms with E-state index in [2.05, 4.69) is 0 Å². The van der Waals surface area contributed by atoms with Crippen molar-refractivity contribution >= 4 is 5.78 Å². The van der Waals surface area contributed by atoms with Crippen LogP contribution >= 0.6 is 0 Å². The second kappa shape index (κ2) is 7.31. The number of halogens is 2. The first-order valence-electron chi connectivity index (χ1n) is 6.29. The molecule has 0 amide bonds. The molecule has 0 aliphatic heterocycles. The molecular formula is C14H19F2NO2. The van der Waals surface area contributed by atoms with Gasteiger partial charge in [-0.15, -0.1) is 0 Å². The minimum Gasteiger partial charge on any atom is -0.396 e. The second-order valence-corrected chi connectivity index (χ2v) is 4.66. The third-order valence-electron chi connectivity index (χ3n) is 2.92. The van der Waals surface area contributed by atoms with Crippen LogP contribution in [0.15, 0.2) is 18.2 Å². The van der Waals surface area contributed by atoms with Crippen LogP contribution in [0.4, 0.5) is 8.78 Å². The molecule has 5 heteroatoms. The zero-order valence-electron chi connectivity index (χ0n) is 11.2. The molecule has 1 N–H and O–H groups in total. The fourth-order valence-corrected chi connectivity index (χ4v) is 1.82. The van der Waals surface area contributed by atoms with Crippen molar-refractivity contribution in [2.75, 3.05) is 19.7 Å². The minimum absolute atomic E-state index is 0.0193. The average Bonchev–Trinajstić information content (AvgIpc) is 2.33. The van der Waals surface area contributed by atoms with E-state index in [4.69, 9.17) is 5.11 Å². The lowest BCUT2D eigenvalue weighted by Crippen LogP contribution is -2.37. The van der Waals surface area contributed by atoms with Crippen LogP contribution in [0.3, 0.4) is 0 Å². The largest absolute Gasteiger partial charge is 0.396 e. The van der Waals surface area contributed by atoms with Crippen molar-refractivity contribution in [1.29, 1.82) is 0 Å². The van der Waals surface area contributed by atoms with Gasteiger partial charge in [0.05, 0.1) is 12.1 Å². The molecule has 0 aliphatic carbocycles. The van der Waals surface area contributed by atoms with Crippen LogP contribution in [-0.4, -0.2) is 41.5 Å². The molecule has 3 nitrogen and oxygen atoms in total. The summed E-state index contributed by atoms with van der Waals surface area (Å²) in [4.78, 5) is 13.8. The van der Waals surface area contributed by atoms with Crippen molar-refractivity contribution < 1.29 is 18.7 Å². The molecule has 0 heterocycles. The van der Waals surface area contributed by atoms with E-state index in [0.29, 0.717) is 13.0 Å². The quantitative estimate of drug-likeness (QED) is 0.773. The fraction of sp³-hybridized carbons (Fsp3) is 0.500. The third kappa shape index (κ3) is 4.36. The standard InChI is InChI=1S/C14H19F2NO2/c1-10(2)17(7-4-8-18)9-13(19)14-11(15)5-3-6-12(14)16/h3,5-6,10,18H,4,7-9H2,1-2H3. The van der Waals surface area contributed by atoms with Gasteiger partial charge in [0.1, 0.15) is 11.6 Å². The van der Waals surface area contributed by atoms with Crippen LogP contribution < -0.4 is 0 Å². The summed E-state index contributed by atoms with van der Waals surface area (Å²) < 4.78 is 27.0. The molecule has 0 aromatic heterocycles. The van der Waals surface area contributed by atoms with Gasteiger partial charge in [-0.2, -0.15) is 0 Å². The number of rotatable bonds is 7. The van der Waals surface area contributed by atoms with Gasteiger partial charge in [-0.1, -0.05) is 6.07 Å². The number of aliphatic hydroxyl groups excluding tert-OH is 1. The van der Waals surface area contributed by atoms with Crippen LogP contribution in [0.5, 0.6) is 0 Å². The Morgan fingerprint density at radius 2 is 1.89 bits per heavy atom. The maximum atomic E-state index is 13.5.